The van der Waals surface area contributed by atoms with E-state index in [1.54, 1.807) is 0 Å². The van der Waals surface area contributed by atoms with E-state index in [1.807, 2.05) is 6.92 Å². The van der Waals surface area contributed by atoms with Gasteiger partial charge in [0.2, 0.25) is 0 Å². The monoisotopic (exact) mass is 178 g/mol. The van der Waals surface area contributed by atoms with Gasteiger partial charge in [-0.15, -0.1) is 0 Å². The minimum atomic E-state index is -0.377. The van der Waals surface area contributed by atoms with E-state index in [9.17, 15) is 9.36 Å². The molecule has 0 heterocycles. The summed E-state index contributed by atoms with van der Waals surface area (Å²) < 4.78 is 18.8. The summed E-state index contributed by atoms with van der Waals surface area (Å²) in [6.45, 7) is 2.25. The highest BCUT2D eigenvalue weighted by molar-refractivity contribution is 7.17. The van der Waals surface area contributed by atoms with Crippen molar-refractivity contribution in [3.63, 3.8) is 0 Å². The van der Waals surface area contributed by atoms with Crippen molar-refractivity contribution in [3.05, 3.63) is 0 Å². The fourth-order valence-electron chi connectivity index (χ4n) is 0.506. The molecule has 5 heteroatoms. The average molecular weight is 178 g/mol. The van der Waals surface area contributed by atoms with Gasteiger partial charge in [0.1, 0.15) is 6.61 Å². The summed E-state index contributed by atoms with van der Waals surface area (Å²) in [6.07, 6.45) is 1.20. The Morgan fingerprint density at radius 1 is 1.45 bits per heavy atom. The highest BCUT2D eigenvalue weighted by atomic mass is 31.1. The number of esters is 1. The van der Waals surface area contributed by atoms with Crippen LogP contribution in [0.25, 0.3) is 0 Å². The molecule has 64 valence electrons. The molecule has 0 aliphatic rings. The van der Waals surface area contributed by atoms with Crippen LogP contribution in [0.15, 0.2) is 0 Å². The molecule has 0 rings (SSSR count). The van der Waals surface area contributed by atoms with Crippen LogP contribution < -0.4 is 0 Å². The van der Waals surface area contributed by atoms with Gasteiger partial charge in [-0.05, 0) is 6.42 Å². The Morgan fingerprint density at radius 2 is 2.18 bits per heavy atom. The molecule has 0 amide bonds. The summed E-state index contributed by atoms with van der Waals surface area (Å²) in [4.78, 5) is 10.6. The highest BCUT2D eigenvalue weighted by Gasteiger charge is 1.98. The number of rotatable bonds is 6. The molecule has 0 aliphatic carbocycles. The summed E-state index contributed by atoms with van der Waals surface area (Å²) in [5.41, 5.74) is 0. The van der Waals surface area contributed by atoms with Gasteiger partial charge in [0, 0.05) is 6.42 Å². The number of hydrogen-bond donors (Lipinski definition) is 0. The van der Waals surface area contributed by atoms with Crippen LogP contribution in [0, 0.1) is 0 Å². The van der Waals surface area contributed by atoms with Crippen molar-refractivity contribution in [2.75, 3.05) is 13.2 Å². The summed E-state index contributed by atoms with van der Waals surface area (Å²) in [5.74, 6) is -0.237. The van der Waals surface area contributed by atoms with Crippen molar-refractivity contribution in [3.8, 4) is 0 Å². The fraction of sp³-hybridized carbons (Fsp3) is 0.833. The van der Waals surface area contributed by atoms with Crippen LogP contribution in [0.2, 0.25) is 0 Å². The second-order valence-corrected chi connectivity index (χ2v) is 2.29. The Kier molecular flexibility index (Phi) is 7.31. The van der Waals surface area contributed by atoms with E-state index >= 15 is 0 Å². The second kappa shape index (κ2) is 7.63. The van der Waals surface area contributed by atoms with Crippen molar-refractivity contribution < 1.29 is 18.6 Å². The van der Waals surface area contributed by atoms with Gasteiger partial charge in [-0.25, -0.2) is 4.57 Å². The molecule has 0 saturated carbocycles. The molecular weight excluding hydrogens is 167 g/mol. The molecule has 4 nitrogen and oxygen atoms in total. The van der Waals surface area contributed by atoms with Crippen LogP contribution in [0.5, 0.6) is 0 Å². The lowest BCUT2D eigenvalue weighted by atomic mass is 10.3. The van der Waals surface area contributed by atoms with Gasteiger partial charge in [0.25, 0.3) is 0 Å². The first-order valence-electron chi connectivity index (χ1n) is 3.41. The third-order valence-corrected chi connectivity index (χ3v) is 1.23. The lowest BCUT2D eigenvalue weighted by Gasteiger charge is -2.00. The van der Waals surface area contributed by atoms with Crippen molar-refractivity contribution >= 4 is 14.7 Å². The minimum Gasteiger partial charge on any atom is -0.463 e. The maximum Gasteiger partial charge on any atom is 0.327 e. The molecule has 0 bridgehead atoms. The molecule has 0 unspecified atom stereocenters. The quantitative estimate of drug-likeness (QED) is 0.351. The zero-order valence-electron chi connectivity index (χ0n) is 6.41. The van der Waals surface area contributed by atoms with Gasteiger partial charge in [0.15, 0.2) is 0 Å². The van der Waals surface area contributed by atoms with E-state index in [2.05, 4.69) is 9.26 Å². The van der Waals surface area contributed by atoms with Gasteiger partial charge in [0.05, 0.1) is 6.61 Å². The van der Waals surface area contributed by atoms with E-state index in [1.165, 1.54) is 0 Å². The number of ether oxygens (including phenoxy) is 1. The Bertz CT molecular complexity index is 126. The molecule has 0 radical (unpaired) electrons. The zero-order chi connectivity index (χ0) is 8.53. The van der Waals surface area contributed by atoms with Crippen molar-refractivity contribution in [1.82, 2.24) is 0 Å². The smallest absolute Gasteiger partial charge is 0.327 e. The van der Waals surface area contributed by atoms with E-state index in [0.717, 1.165) is 6.42 Å². The van der Waals surface area contributed by atoms with Gasteiger partial charge < -0.3 is 4.74 Å². The third-order valence-electron chi connectivity index (χ3n) is 0.944. The topological polar surface area (TPSA) is 52.6 Å². The first-order valence-corrected chi connectivity index (χ1v) is 4.14. The van der Waals surface area contributed by atoms with E-state index in [0.29, 0.717) is 6.42 Å². The van der Waals surface area contributed by atoms with E-state index < -0.39 is 0 Å². The number of hydrogen-bond acceptors (Lipinski definition) is 4. The van der Waals surface area contributed by atoms with E-state index in [4.69, 9.17) is 0 Å². The number of carbonyl (C=O) groups excluding carboxylic acids is 1. The largest absolute Gasteiger partial charge is 0.463 e. The maximum absolute atomic E-state index is 10.6. The minimum absolute atomic E-state index is 0.175. The van der Waals surface area contributed by atoms with Crippen molar-refractivity contribution in [1.29, 1.82) is 0 Å². The molecule has 0 saturated heterocycles. The Balaban J connectivity index is 3.10. The molecule has 0 fully saturated rings. The van der Waals surface area contributed by atoms with Crippen molar-refractivity contribution in [2.24, 2.45) is 0 Å². The highest BCUT2D eigenvalue weighted by Crippen LogP contribution is 1.94. The molecule has 0 N–H and O–H groups in total. The summed E-state index contributed by atoms with van der Waals surface area (Å²) >= 11 is 0. The molecule has 0 atom stereocenters. The van der Waals surface area contributed by atoms with Gasteiger partial charge in [-0.3, -0.25) is 9.32 Å². The molecule has 0 aromatic heterocycles. The zero-order valence-corrected chi connectivity index (χ0v) is 7.30. The standard InChI is InChI=1S/C6H11O4P/c1-2-3-6(7)9-4-5-10-11-8/h2-5H2,1H3. The Labute approximate surface area is 67.2 Å². The van der Waals surface area contributed by atoms with Gasteiger partial charge in [-0.2, -0.15) is 0 Å². The lowest BCUT2D eigenvalue weighted by molar-refractivity contribution is -0.144. The van der Waals surface area contributed by atoms with Crippen LogP contribution >= 0.6 is 8.69 Å². The first-order chi connectivity index (χ1) is 5.31. The lowest BCUT2D eigenvalue weighted by Crippen LogP contribution is -2.07. The van der Waals surface area contributed by atoms with Gasteiger partial charge >= 0.3 is 14.7 Å². The Hall–Kier alpha value is -0.470. The van der Waals surface area contributed by atoms with Crippen LogP contribution in [-0.2, 0) is 18.6 Å². The molecule has 0 aliphatic heterocycles. The summed E-state index contributed by atoms with van der Waals surface area (Å²) in [7, 11) is -0.377. The molecule has 0 spiro atoms. The van der Waals surface area contributed by atoms with Crippen molar-refractivity contribution in [2.45, 2.75) is 19.8 Å². The van der Waals surface area contributed by atoms with E-state index in [-0.39, 0.29) is 27.9 Å². The van der Waals surface area contributed by atoms with Crippen LogP contribution in [0.3, 0.4) is 0 Å². The summed E-state index contributed by atoms with van der Waals surface area (Å²) in [5, 5.41) is 0. The van der Waals surface area contributed by atoms with Crippen LogP contribution in [0.1, 0.15) is 19.8 Å². The third kappa shape index (κ3) is 7.43. The average Bonchev–Trinajstić information content (AvgIpc) is 1.99. The van der Waals surface area contributed by atoms with Crippen LogP contribution in [0.4, 0.5) is 0 Å². The predicted octanol–water partition coefficient (Wildman–Crippen LogP) is 1.55. The molecular formula is C6H11O4P. The van der Waals surface area contributed by atoms with Crippen LogP contribution in [-0.4, -0.2) is 19.2 Å². The maximum atomic E-state index is 10.6. The fourth-order valence-corrected chi connectivity index (χ4v) is 0.655. The Morgan fingerprint density at radius 3 is 2.73 bits per heavy atom. The first kappa shape index (κ1) is 10.5. The van der Waals surface area contributed by atoms with Gasteiger partial charge in [-0.1, -0.05) is 6.92 Å². The molecule has 0 aromatic rings. The molecule has 11 heavy (non-hydrogen) atoms. The predicted molar refractivity (Wildman–Crippen MR) is 39.4 cm³/mol. The normalized spacial score (nSPS) is 9.91. The SMILES string of the molecule is CCCC(=O)OCCOP=O. The molecule has 0 aromatic carbocycles. The number of carbonyl (C=O) groups is 1. The summed E-state index contributed by atoms with van der Waals surface area (Å²) in [6, 6.07) is 0. The second-order valence-electron chi connectivity index (χ2n) is 1.88.